The van der Waals surface area contributed by atoms with Crippen molar-refractivity contribution in [2.45, 2.75) is 19.9 Å². The molecule has 2 aromatic rings. The van der Waals surface area contributed by atoms with Crippen molar-refractivity contribution in [3.05, 3.63) is 65.7 Å². The van der Waals surface area contributed by atoms with E-state index < -0.39 is 0 Å². The molecule has 1 aliphatic rings. The summed E-state index contributed by atoms with van der Waals surface area (Å²) in [5, 5.41) is 2.87. The lowest BCUT2D eigenvalue weighted by molar-refractivity contribution is -0.129. The van der Waals surface area contributed by atoms with Crippen LogP contribution in [0.3, 0.4) is 0 Å². The summed E-state index contributed by atoms with van der Waals surface area (Å²) in [4.78, 5) is 26.2. The summed E-state index contributed by atoms with van der Waals surface area (Å²) in [5.41, 5.74) is 2.25. The topological polar surface area (TPSA) is 58.6 Å². The average Bonchev–Trinajstić information content (AvgIpc) is 3.01. The maximum absolute atomic E-state index is 12.3. The standard InChI is InChI=1S/C21H24N2O3/c1-16-7-9-19(10-8-16)26-12-11-22-21(25)18-13-20(24)23(15-18)14-17-5-3-2-4-6-17/h2-10,18H,11-15H2,1H3,(H,22,25)/t18-/m0/s1. The van der Waals surface area contributed by atoms with Crippen LogP contribution in [0.4, 0.5) is 0 Å². The van der Waals surface area contributed by atoms with Gasteiger partial charge in [-0.3, -0.25) is 9.59 Å². The zero-order chi connectivity index (χ0) is 18.4. The molecule has 5 nitrogen and oxygen atoms in total. The fourth-order valence-corrected chi connectivity index (χ4v) is 3.03. The molecule has 0 unspecified atom stereocenters. The van der Waals surface area contributed by atoms with E-state index >= 15 is 0 Å². The van der Waals surface area contributed by atoms with Crippen molar-refractivity contribution in [1.29, 1.82) is 0 Å². The smallest absolute Gasteiger partial charge is 0.225 e. The lowest BCUT2D eigenvalue weighted by Crippen LogP contribution is -2.35. The highest BCUT2D eigenvalue weighted by molar-refractivity contribution is 5.89. The summed E-state index contributed by atoms with van der Waals surface area (Å²) in [5.74, 6) is 0.451. The SMILES string of the molecule is Cc1ccc(OCCNC(=O)[C@H]2CC(=O)N(Cc3ccccc3)C2)cc1. The fourth-order valence-electron chi connectivity index (χ4n) is 3.03. The quantitative estimate of drug-likeness (QED) is 0.779. The number of benzene rings is 2. The average molecular weight is 352 g/mol. The first-order chi connectivity index (χ1) is 12.6. The second kappa shape index (κ2) is 8.52. The number of rotatable bonds is 7. The van der Waals surface area contributed by atoms with Crippen LogP contribution in [0, 0.1) is 12.8 Å². The number of amides is 2. The van der Waals surface area contributed by atoms with Crippen LogP contribution in [0.1, 0.15) is 17.5 Å². The zero-order valence-corrected chi connectivity index (χ0v) is 15.0. The minimum atomic E-state index is -0.286. The van der Waals surface area contributed by atoms with Gasteiger partial charge in [-0.1, -0.05) is 48.0 Å². The number of nitrogens with one attached hydrogen (secondary N) is 1. The largest absolute Gasteiger partial charge is 0.492 e. The predicted molar refractivity (Wildman–Crippen MR) is 99.6 cm³/mol. The zero-order valence-electron chi connectivity index (χ0n) is 15.0. The number of nitrogens with zero attached hydrogens (tertiary/aromatic N) is 1. The number of carbonyl (C=O) groups is 2. The van der Waals surface area contributed by atoms with Gasteiger partial charge in [-0.15, -0.1) is 0 Å². The molecule has 0 aromatic heterocycles. The highest BCUT2D eigenvalue weighted by atomic mass is 16.5. The van der Waals surface area contributed by atoms with Gasteiger partial charge in [0.25, 0.3) is 0 Å². The Hall–Kier alpha value is -2.82. The van der Waals surface area contributed by atoms with E-state index in [-0.39, 0.29) is 24.2 Å². The van der Waals surface area contributed by atoms with Crippen LogP contribution in [-0.4, -0.2) is 36.4 Å². The minimum absolute atomic E-state index is 0.0323. The second-order valence-electron chi connectivity index (χ2n) is 6.61. The van der Waals surface area contributed by atoms with Crippen molar-refractivity contribution < 1.29 is 14.3 Å². The molecule has 5 heteroatoms. The van der Waals surface area contributed by atoms with Gasteiger partial charge in [0.1, 0.15) is 12.4 Å². The van der Waals surface area contributed by atoms with Crippen LogP contribution >= 0.6 is 0 Å². The van der Waals surface area contributed by atoms with Crippen molar-refractivity contribution in [3.8, 4) is 5.75 Å². The Balaban J connectivity index is 1.41. The molecule has 1 heterocycles. The van der Waals surface area contributed by atoms with Gasteiger partial charge in [-0.25, -0.2) is 0 Å². The van der Waals surface area contributed by atoms with E-state index in [1.807, 2.05) is 61.5 Å². The van der Waals surface area contributed by atoms with Crippen molar-refractivity contribution in [1.82, 2.24) is 10.2 Å². The molecule has 1 atom stereocenters. The van der Waals surface area contributed by atoms with E-state index in [1.165, 1.54) is 5.56 Å². The molecule has 0 radical (unpaired) electrons. The number of aryl methyl sites for hydroxylation is 1. The van der Waals surface area contributed by atoms with Crippen LogP contribution < -0.4 is 10.1 Å². The third kappa shape index (κ3) is 4.85. The third-order valence-electron chi connectivity index (χ3n) is 4.49. The lowest BCUT2D eigenvalue weighted by Gasteiger charge is -2.16. The van der Waals surface area contributed by atoms with E-state index in [1.54, 1.807) is 4.90 Å². The highest BCUT2D eigenvalue weighted by Crippen LogP contribution is 2.20. The van der Waals surface area contributed by atoms with Gasteiger partial charge < -0.3 is 15.0 Å². The monoisotopic (exact) mass is 352 g/mol. The van der Waals surface area contributed by atoms with Crippen molar-refractivity contribution in [2.24, 2.45) is 5.92 Å². The van der Waals surface area contributed by atoms with Gasteiger partial charge in [-0.2, -0.15) is 0 Å². The minimum Gasteiger partial charge on any atom is -0.492 e. The Morgan fingerprint density at radius 1 is 1.15 bits per heavy atom. The summed E-state index contributed by atoms with van der Waals surface area (Å²) in [6.07, 6.45) is 0.275. The summed E-state index contributed by atoms with van der Waals surface area (Å²) < 4.78 is 5.60. The van der Waals surface area contributed by atoms with Crippen molar-refractivity contribution >= 4 is 11.8 Å². The summed E-state index contributed by atoms with van der Waals surface area (Å²) in [7, 11) is 0. The first-order valence-electron chi connectivity index (χ1n) is 8.90. The Morgan fingerprint density at radius 3 is 2.62 bits per heavy atom. The number of likely N-dealkylation sites (tertiary alicyclic amines) is 1. The lowest BCUT2D eigenvalue weighted by atomic mass is 10.1. The molecule has 26 heavy (non-hydrogen) atoms. The maximum atomic E-state index is 12.3. The second-order valence-corrected chi connectivity index (χ2v) is 6.61. The van der Waals surface area contributed by atoms with Gasteiger partial charge in [0.2, 0.25) is 11.8 Å². The normalized spacial score (nSPS) is 16.6. The molecule has 1 aliphatic heterocycles. The van der Waals surface area contributed by atoms with Crippen LogP contribution in [0.25, 0.3) is 0 Å². The summed E-state index contributed by atoms with van der Waals surface area (Å²) in [6, 6.07) is 17.6. The van der Waals surface area contributed by atoms with Gasteiger partial charge in [0.05, 0.1) is 12.5 Å². The van der Waals surface area contributed by atoms with E-state index in [9.17, 15) is 9.59 Å². The predicted octanol–water partition coefficient (Wildman–Crippen LogP) is 2.54. The Bertz CT molecular complexity index is 744. The molecular weight excluding hydrogens is 328 g/mol. The van der Waals surface area contributed by atoms with Crippen molar-refractivity contribution in [2.75, 3.05) is 19.7 Å². The Kier molecular flexibility index (Phi) is 5.89. The highest BCUT2D eigenvalue weighted by Gasteiger charge is 2.33. The number of hydrogen-bond acceptors (Lipinski definition) is 3. The molecular formula is C21H24N2O3. The van der Waals surface area contributed by atoms with E-state index in [2.05, 4.69) is 5.32 Å². The first kappa shape index (κ1) is 18.0. The molecule has 1 N–H and O–H groups in total. The molecule has 136 valence electrons. The third-order valence-corrected chi connectivity index (χ3v) is 4.49. The molecule has 0 saturated carbocycles. The Morgan fingerprint density at radius 2 is 1.88 bits per heavy atom. The van der Waals surface area contributed by atoms with Crippen LogP contribution in [0.2, 0.25) is 0 Å². The van der Waals surface area contributed by atoms with Crippen LogP contribution in [-0.2, 0) is 16.1 Å². The summed E-state index contributed by atoms with van der Waals surface area (Å²) >= 11 is 0. The van der Waals surface area contributed by atoms with Crippen molar-refractivity contribution in [3.63, 3.8) is 0 Å². The molecule has 2 aromatic carbocycles. The molecule has 0 bridgehead atoms. The van der Waals surface area contributed by atoms with E-state index in [0.717, 1.165) is 11.3 Å². The molecule has 0 aliphatic carbocycles. The molecule has 1 saturated heterocycles. The van der Waals surface area contributed by atoms with Crippen LogP contribution in [0.5, 0.6) is 5.75 Å². The fraction of sp³-hybridized carbons (Fsp3) is 0.333. The maximum Gasteiger partial charge on any atom is 0.225 e. The first-order valence-corrected chi connectivity index (χ1v) is 8.90. The summed E-state index contributed by atoms with van der Waals surface area (Å²) in [6.45, 7) is 3.88. The molecule has 2 amide bonds. The number of hydrogen-bond donors (Lipinski definition) is 1. The van der Waals surface area contributed by atoms with Gasteiger partial charge in [0, 0.05) is 19.5 Å². The van der Waals surface area contributed by atoms with Crippen LogP contribution in [0.15, 0.2) is 54.6 Å². The van der Waals surface area contributed by atoms with Gasteiger partial charge >= 0.3 is 0 Å². The molecule has 0 spiro atoms. The van der Waals surface area contributed by atoms with E-state index in [0.29, 0.717) is 26.2 Å². The number of carbonyl (C=O) groups excluding carboxylic acids is 2. The molecule has 1 fully saturated rings. The van der Waals surface area contributed by atoms with E-state index in [4.69, 9.17) is 4.74 Å². The Labute approximate surface area is 154 Å². The van der Waals surface area contributed by atoms with Gasteiger partial charge in [0.15, 0.2) is 0 Å². The molecule has 3 rings (SSSR count). The number of ether oxygens (including phenoxy) is 1. The van der Waals surface area contributed by atoms with Gasteiger partial charge in [-0.05, 0) is 24.6 Å².